The highest BCUT2D eigenvalue weighted by Gasteiger charge is 2.19. The molecule has 0 unspecified atom stereocenters. The summed E-state index contributed by atoms with van der Waals surface area (Å²) in [6.45, 7) is 1.91. The maximum absolute atomic E-state index is 11.2. The highest BCUT2D eigenvalue weighted by Crippen LogP contribution is 2.34. The average Bonchev–Trinajstić information content (AvgIpc) is 2.87. The summed E-state index contributed by atoms with van der Waals surface area (Å²) < 4.78 is 0. The van der Waals surface area contributed by atoms with E-state index in [1.807, 2.05) is 43.3 Å². The van der Waals surface area contributed by atoms with Crippen LogP contribution in [0.5, 0.6) is 5.75 Å². The van der Waals surface area contributed by atoms with Crippen LogP contribution in [0.4, 0.5) is 17.1 Å². The van der Waals surface area contributed by atoms with Crippen molar-refractivity contribution in [3.8, 4) is 5.75 Å². The minimum absolute atomic E-state index is 0.00871. The Morgan fingerprint density at radius 1 is 0.929 bits per heavy atom. The monoisotopic (exact) mass is 371 g/mol. The van der Waals surface area contributed by atoms with E-state index >= 15 is 0 Å². The molecule has 3 aromatic carbocycles. The molecule has 1 heterocycles. The molecule has 4 rings (SSSR count). The summed E-state index contributed by atoms with van der Waals surface area (Å²) in [7, 11) is 0. The van der Waals surface area contributed by atoms with Gasteiger partial charge >= 0.3 is 0 Å². The van der Waals surface area contributed by atoms with E-state index in [4.69, 9.17) is 9.98 Å². The number of aromatic hydroxyl groups is 1. The Bertz CT molecular complexity index is 1150. The van der Waals surface area contributed by atoms with Gasteiger partial charge in [0.25, 0.3) is 5.69 Å². The molecule has 3 aromatic rings. The van der Waals surface area contributed by atoms with Crippen LogP contribution in [0.25, 0.3) is 0 Å². The van der Waals surface area contributed by atoms with E-state index in [0.717, 1.165) is 5.56 Å². The molecule has 138 valence electrons. The van der Waals surface area contributed by atoms with Gasteiger partial charge in [0, 0.05) is 29.7 Å². The summed E-state index contributed by atoms with van der Waals surface area (Å²) in [4.78, 5) is 20.2. The average molecular weight is 371 g/mol. The number of phenolic OH excluding ortho intramolecular Hbond substituents is 1. The molecule has 0 aromatic heterocycles. The SMILES string of the molecule is Cc1ccc(C2=Nc3ccccc3N=C(c3cccc([N+](=O)[O-])c3)C2)c(O)c1. The van der Waals surface area contributed by atoms with Crippen molar-refractivity contribution in [2.24, 2.45) is 9.98 Å². The number of para-hydroxylation sites is 2. The zero-order chi connectivity index (χ0) is 19.7. The largest absolute Gasteiger partial charge is 0.507 e. The summed E-state index contributed by atoms with van der Waals surface area (Å²) in [5.74, 6) is 0.150. The minimum atomic E-state index is -0.421. The zero-order valence-electron chi connectivity index (χ0n) is 15.2. The summed E-state index contributed by atoms with van der Waals surface area (Å²) >= 11 is 0. The molecule has 0 fully saturated rings. The Morgan fingerprint density at radius 2 is 1.64 bits per heavy atom. The number of nitrogens with zero attached hydrogens (tertiary/aromatic N) is 3. The summed E-state index contributed by atoms with van der Waals surface area (Å²) in [6, 6.07) is 19.3. The van der Waals surface area contributed by atoms with Crippen LogP contribution in [-0.2, 0) is 0 Å². The van der Waals surface area contributed by atoms with Crippen molar-refractivity contribution in [3.63, 3.8) is 0 Å². The Balaban J connectivity index is 1.87. The molecule has 28 heavy (non-hydrogen) atoms. The Labute approximate surface area is 161 Å². The number of rotatable bonds is 3. The lowest BCUT2D eigenvalue weighted by Gasteiger charge is -2.10. The van der Waals surface area contributed by atoms with E-state index in [1.165, 1.54) is 12.1 Å². The standard InChI is InChI=1S/C22H17N3O3/c1-14-9-10-17(22(26)11-14)21-13-20(15-5-4-6-16(12-15)25(27)28)23-18-7-2-3-8-19(18)24-21/h2-12,26H,13H2,1H3. The molecule has 1 aliphatic heterocycles. The van der Waals surface area contributed by atoms with Gasteiger partial charge in [-0.1, -0.05) is 30.3 Å². The topological polar surface area (TPSA) is 88.1 Å². The molecule has 0 bridgehead atoms. The van der Waals surface area contributed by atoms with Gasteiger partial charge in [0.05, 0.1) is 27.7 Å². The number of non-ortho nitro benzene ring substituents is 1. The van der Waals surface area contributed by atoms with Crippen molar-refractivity contribution in [2.45, 2.75) is 13.3 Å². The second-order valence-corrected chi connectivity index (χ2v) is 6.61. The predicted octanol–water partition coefficient (Wildman–Crippen LogP) is 5.25. The first-order chi connectivity index (χ1) is 13.5. The van der Waals surface area contributed by atoms with Crippen LogP contribution in [0.3, 0.4) is 0 Å². The van der Waals surface area contributed by atoms with Crippen LogP contribution in [0, 0.1) is 17.0 Å². The van der Waals surface area contributed by atoms with Gasteiger partial charge in [-0.3, -0.25) is 20.1 Å². The van der Waals surface area contributed by atoms with E-state index in [1.54, 1.807) is 18.2 Å². The van der Waals surface area contributed by atoms with Crippen molar-refractivity contribution in [2.75, 3.05) is 0 Å². The highest BCUT2D eigenvalue weighted by molar-refractivity contribution is 6.21. The molecule has 0 saturated heterocycles. The van der Waals surface area contributed by atoms with Gasteiger partial charge in [-0.15, -0.1) is 0 Å². The van der Waals surface area contributed by atoms with Crippen LogP contribution in [0.15, 0.2) is 76.7 Å². The smallest absolute Gasteiger partial charge is 0.270 e. The summed E-state index contributed by atoms with van der Waals surface area (Å²) in [5.41, 5.74) is 4.94. The number of fused-ring (bicyclic) bond motifs is 1. The van der Waals surface area contributed by atoms with Crippen molar-refractivity contribution < 1.29 is 10.0 Å². The Hall–Kier alpha value is -3.80. The molecule has 0 radical (unpaired) electrons. The van der Waals surface area contributed by atoms with Gasteiger partial charge in [-0.05, 0) is 36.8 Å². The molecule has 6 nitrogen and oxygen atoms in total. The third-order valence-electron chi connectivity index (χ3n) is 4.58. The Kier molecular flexibility index (Phi) is 4.45. The van der Waals surface area contributed by atoms with Gasteiger partial charge in [0.15, 0.2) is 0 Å². The van der Waals surface area contributed by atoms with E-state index < -0.39 is 4.92 Å². The minimum Gasteiger partial charge on any atom is -0.507 e. The summed E-state index contributed by atoms with van der Waals surface area (Å²) in [5, 5.41) is 21.6. The molecule has 0 spiro atoms. The second-order valence-electron chi connectivity index (χ2n) is 6.61. The van der Waals surface area contributed by atoms with Crippen molar-refractivity contribution in [1.82, 2.24) is 0 Å². The normalized spacial score (nSPS) is 13.2. The van der Waals surface area contributed by atoms with Gasteiger partial charge in [0.2, 0.25) is 0 Å². The highest BCUT2D eigenvalue weighted by atomic mass is 16.6. The first kappa shape index (κ1) is 17.6. The van der Waals surface area contributed by atoms with Crippen LogP contribution >= 0.6 is 0 Å². The lowest BCUT2D eigenvalue weighted by atomic mass is 9.98. The number of aryl methyl sites for hydroxylation is 1. The number of aliphatic imine (C=N–C) groups is 2. The Morgan fingerprint density at radius 3 is 2.32 bits per heavy atom. The fourth-order valence-corrected chi connectivity index (χ4v) is 3.19. The van der Waals surface area contributed by atoms with Gasteiger partial charge in [-0.2, -0.15) is 0 Å². The number of benzene rings is 3. The second kappa shape index (κ2) is 7.08. The number of phenols is 1. The maximum atomic E-state index is 11.2. The molecule has 1 aliphatic rings. The van der Waals surface area contributed by atoms with Crippen LogP contribution < -0.4 is 0 Å². The maximum Gasteiger partial charge on any atom is 0.270 e. The molecule has 6 heteroatoms. The number of nitro benzene ring substituents is 1. The fraction of sp³-hybridized carbons (Fsp3) is 0.0909. The van der Waals surface area contributed by atoms with E-state index in [2.05, 4.69) is 0 Å². The molecule has 0 amide bonds. The fourth-order valence-electron chi connectivity index (χ4n) is 3.19. The van der Waals surface area contributed by atoms with Crippen molar-refractivity contribution in [3.05, 3.63) is 93.5 Å². The number of hydrogen-bond donors (Lipinski definition) is 1. The van der Waals surface area contributed by atoms with Gasteiger partial charge in [0.1, 0.15) is 5.75 Å². The first-order valence-electron chi connectivity index (χ1n) is 8.80. The predicted molar refractivity (Wildman–Crippen MR) is 109 cm³/mol. The van der Waals surface area contributed by atoms with Gasteiger partial charge in [-0.25, -0.2) is 0 Å². The summed E-state index contributed by atoms with van der Waals surface area (Å²) in [6.07, 6.45) is 0.340. The van der Waals surface area contributed by atoms with Crippen molar-refractivity contribution in [1.29, 1.82) is 0 Å². The third-order valence-corrected chi connectivity index (χ3v) is 4.58. The van der Waals surface area contributed by atoms with Gasteiger partial charge < -0.3 is 5.11 Å². The molecular formula is C22H17N3O3. The molecule has 0 saturated carbocycles. The lowest BCUT2D eigenvalue weighted by Crippen LogP contribution is -2.10. The molecular weight excluding hydrogens is 354 g/mol. The lowest BCUT2D eigenvalue weighted by molar-refractivity contribution is -0.384. The van der Waals surface area contributed by atoms with E-state index in [9.17, 15) is 15.2 Å². The number of nitro groups is 1. The third kappa shape index (κ3) is 3.40. The molecule has 0 atom stereocenters. The van der Waals surface area contributed by atoms with E-state index in [-0.39, 0.29) is 11.4 Å². The van der Waals surface area contributed by atoms with Crippen molar-refractivity contribution >= 4 is 28.5 Å². The first-order valence-corrected chi connectivity index (χ1v) is 8.80. The zero-order valence-corrected chi connectivity index (χ0v) is 15.2. The van der Waals surface area contributed by atoms with E-state index in [0.29, 0.717) is 40.3 Å². The van der Waals surface area contributed by atoms with Crippen LogP contribution in [-0.4, -0.2) is 21.5 Å². The van der Waals surface area contributed by atoms with Crippen LogP contribution in [0.1, 0.15) is 23.1 Å². The molecule has 1 N–H and O–H groups in total. The number of hydrogen-bond acceptors (Lipinski definition) is 5. The quantitative estimate of drug-likeness (QED) is 0.503. The van der Waals surface area contributed by atoms with Crippen LogP contribution in [0.2, 0.25) is 0 Å². The molecule has 0 aliphatic carbocycles.